The number of amides is 3. The number of nitrogens with one attached hydrogen (secondary N) is 3. The molecule has 4 unspecified atom stereocenters. The Morgan fingerprint density at radius 1 is 1.14 bits per heavy atom. The van der Waals surface area contributed by atoms with Crippen molar-refractivity contribution in [3.63, 3.8) is 0 Å². The molecular weight excluding hydrogens is 456 g/mol. The van der Waals surface area contributed by atoms with E-state index in [0.29, 0.717) is 24.1 Å². The van der Waals surface area contributed by atoms with Crippen LogP contribution in [0, 0.1) is 0 Å². The van der Waals surface area contributed by atoms with Gasteiger partial charge in [0, 0.05) is 31.3 Å². The summed E-state index contributed by atoms with van der Waals surface area (Å²) < 4.78 is 0. The smallest absolute Gasteiger partial charge is 0.326 e. The van der Waals surface area contributed by atoms with Crippen LogP contribution >= 0.6 is 0 Å². The predicted octanol–water partition coefficient (Wildman–Crippen LogP) is -0.707. The molecule has 2 heterocycles. The summed E-state index contributed by atoms with van der Waals surface area (Å²) in [6.07, 6.45) is 3.95. The molecule has 12 heteroatoms. The summed E-state index contributed by atoms with van der Waals surface area (Å²) in [7, 11) is 0. The van der Waals surface area contributed by atoms with E-state index in [9.17, 15) is 29.4 Å². The zero-order chi connectivity index (χ0) is 25.5. The lowest BCUT2D eigenvalue weighted by Crippen LogP contribution is -2.58. The molecule has 4 atom stereocenters. The summed E-state index contributed by atoms with van der Waals surface area (Å²) in [5.74, 6) is -2.76. The lowest BCUT2D eigenvalue weighted by atomic mass is 10.0. The molecule has 0 spiro atoms. The first-order valence-corrected chi connectivity index (χ1v) is 11.3. The number of rotatable bonds is 10. The van der Waals surface area contributed by atoms with Gasteiger partial charge in [-0.1, -0.05) is 12.1 Å². The fourth-order valence-electron chi connectivity index (χ4n) is 3.96. The van der Waals surface area contributed by atoms with Crippen molar-refractivity contribution in [2.24, 2.45) is 5.73 Å². The number of carboxylic acid groups (broad SMARTS) is 1. The van der Waals surface area contributed by atoms with Crippen molar-refractivity contribution in [2.75, 3.05) is 6.54 Å². The number of imidazole rings is 1. The molecular formula is C23H30N6O6. The molecule has 1 aliphatic rings. The van der Waals surface area contributed by atoms with Crippen LogP contribution < -0.4 is 16.4 Å². The van der Waals surface area contributed by atoms with Gasteiger partial charge in [-0.25, -0.2) is 9.78 Å². The fraction of sp³-hybridized carbons (Fsp3) is 0.435. The minimum atomic E-state index is -1.10. The number of nitrogens with two attached hydrogens (primary N) is 1. The first kappa shape index (κ1) is 25.7. The van der Waals surface area contributed by atoms with Gasteiger partial charge >= 0.3 is 5.97 Å². The van der Waals surface area contributed by atoms with Gasteiger partial charge in [0.05, 0.1) is 12.4 Å². The summed E-state index contributed by atoms with van der Waals surface area (Å²) in [6, 6.07) is 2.15. The molecule has 0 saturated carbocycles. The molecule has 12 nitrogen and oxygen atoms in total. The van der Waals surface area contributed by atoms with Gasteiger partial charge in [-0.3, -0.25) is 14.4 Å². The molecule has 0 aliphatic carbocycles. The minimum absolute atomic E-state index is 0.0457. The number of H-pyrrole nitrogens is 1. The second-order valence-corrected chi connectivity index (χ2v) is 8.59. The van der Waals surface area contributed by atoms with Crippen molar-refractivity contribution in [1.29, 1.82) is 0 Å². The third kappa shape index (κ3) is 6.79. The molecule has 7 N–H and O–H groups in total. The van der Waals surface area contributed by atoms with Crippen LogP contribution in [0.4, 0.5) is 0 Å². The van der Waals surface area contributed by atoms with Crippen molar-refractivity contribution in [1.82, 2.24) is 25.5 Å². The number of phenolic OH excluding ortho intramolecular Hbond substituents is 1. The number of hydrogen-bond acceptors (Lipinski definition) is 7. The largest absolute Gasteiger partial charge is 0.508 e. The minimum Gasteiger partial charge on any atom is -0.508 e. The third-order valence-electron chi connectivity index (χ3n) is 5.84. The molecule has 1 saturated heterocycles. The van der Waals surface area contributed by atoms with Crippen LogP contribution in [-0.4, -0.2) is 79.5 Å². The number of aliphatic carboxylic acids is 1. The van der Waals surface area contributed by atoms with Crippen LogP contribution in [0.3, 0.4) is 0 Å². The van der Waals surface area contributed by atoms with E-state index in [1.165, 1.54) is 36.5 Å². The van der Waals surface area contributed by atoms with Crippen LogP contribution in [0.2, 0.25) is 0 Å². The Balaban J connectivity index is 1.84. The number of benzene rings is 1. The Labute approximate surface area is 201 Å². The van der Waals surface area contributed by atoms with Crippen LogP contribution in [-0.2, 0) is 32.0 Å². The van der Waals surface area contributed by atoms with Gasteiger partial charge in [-0.05, 0) is 37.5 Å². The topological polar surface area (TPSA) is 191 Å². The van der Waals surface area contributed by atoms with E-state index in [-0.39, 0.29) is 25.1 Å². The molecule has 35 heavy (non-hydrogen) atoms. The molecule has 3 rings (SSSR count). The third-order valence-corrected chi connectivity index (χ3v) is 5.84. The van der Waals surface area contributed by atoms with Crippen molar-refractivity contribution in [3.05, 3.63) is 48.0 Å². The van der Waals surface area contributed by atoms with Gasteiger partial charge in [0.25, 0.3) is 0 Å². The second kappa shape index (κ2) is 11.5. The Hall–Kier alpha value is -3.93. The number of aromatic nitrogens is 2. The first-order valence-electron chi connectivity index (χ1n) is 11.3. The molecule has 1 aromatic carbocycles. The second-order valence-electron chi connectivity index (χ2n) is 8.59. The molecule has 3 amide bonds. The summed E-state index contributed by atoms with van der Waals surface area (Å²) in [5, 5.41) is 24.4. The maximum Gasteiger partial charge on any atom is 0.326 e. The van der Waals surface area contributed by atoms with Gasteiger partial charge < -0.3 is 36.5 Å². The van der Waals surface area contributed by atoms with Crippen LogP contribution in [0.5, 0.6) is 5.75 Å². The Morgan fingerprint density at radius 2 is 1.83 bits per heavy atom. The molecule has 1 aromatic heterocycles. The van der Waals surface area contributed by atoms with Crippen molar-refractivity contribution in [2.45, 2.75) is 56.8 Å². The maximum atomic E-state index is 13.4. The number of carbonyl (C=O) groups is 4. The number of likely N-dealkylation sites (tertiary alicyclic amines) is 1. The zero-order valence-electron chi connectivity index (χ0n) is 19.3. The van der Waals surface area contributed by atoms with E-state index in [1.54, 1.807) is 12.1 Å². The zero-order valence-corrected chi connectivity index (χ0v) is 19.3. The van der Waals surface area contributed by atoms with Gasteiger partial charge in [-0.15, -0.1) is 0 Å². The van der Waals surface area contributed by atoms with Gasteiger partial charge in [0.1, 0.15) is 23.9 Å². The van der Waals surface area contributed by atoms with E-state index in [0.717, 1.165) is 0 Å². The van der Waals surface area contributed by atoms with Crippen molar-refractivity contribution in [3.8, 4) is 5.75 Å². The van der Waals surface area contributed by atoms with Gasteiger partial charge in [-0.2, -0.15) is 0 Å². The van der Waals surface area contributed by atoms with Crippen LogP contribution in [0.15, 0.2) is 36.8 Å². The molecule has 0 bridgehead atoms. The molecule has 2 aromatic rings. The highest BCUT2D eigenvalue weighted by molar-refractivity contribution is 5.94. The van der Waals surface area contributed by atoms with Crippen LogP contribution in [0.1, 0.15) is 31.0 Å². The predicted molar refractivity (Wildman–Crippen MR) is 124 cm³/mol. The SMILES string of the molecule is CC(N)C(=O)NC(Cc1cnc[nH]1)C(=O)NC(Cc1ccc(O)cc1)C(=O)N1CCCC1C(=O)O. The normalized spacial score (nSPS) is 17.9. The molecule has 188 valence electrons. The quantitative estimate of drug-likeness (QED) is 0.254. The van der Waals surface area contributed by atoms with E-state index < -0.39 is 47.9 Å². The fourth-order valence-corrected chi connectivity index (χ4v) is 3.96. The number of nitrogens with zero attached hydrogens (tertiary/aromatic N) is 2. The average molecular weight is 487 g/mol. The standard InChI is InChI=1S/C23H30N6O6/c1-13(24)20(31)27-17(10-15-11-25-12-26-15)21(32)28-18(9-14-4-6-16(30)7-5-14)22(33)29-8-2-3-19(29)23(34)35/h4-7,11-13,17-19,30H,2-3,8-10,24H2,1H3,(H,25,26)(H,27,31)(H,28,32)(H,34,35). The van der Waals surface area contributed by atoms with Gasteiger partial charge in [0.2, 0.25) is 17.7 Å². The average Bonchev–Trinajstić information content (AvgIpc) is 3.51. The Morgan fingerprint density at radius 3 is 2.43 bits per heavy atom. The molecule has 0 radical (unpaired) electrons. The number of aromatic amines is 1. The van der Waals surface area contributed by atoms with E-state index in [1.807, 2.05) is 0 Å². The van der Waals surface area contributed by atoms with Crippen LogP contribution in [0.25, 0.3) is 0 Å². The first-order chi connectivity index (χ1) is 16.7. The lowest BCUT2D eigenvalue weighted by molar-refractivity contribution is -0.149. The van der Waals surface area contributed by atoms with Gasteiger partial charge in [0.15, 0.2) is 0 Å². The van der Waals surface area contributed by atoms with Crippen molar-refractivity contribution >= 4 is 23.7 Å². The van der Waals surface area contributed by atoms with E-state index >= 15 is 0 Å². The summed E-state index contributed by atoms with van der Waals surface area (Å²) in [4.78, 5) is 58.7. The monoisotopic (exact) mass is 486 g/mol. The number of aromatic hydroxyl groups is 1. The Kier molecular flexibility index (Phi) is 8.42. The Bertz CT molecular complexity index is 1040. The van der Waals surface area contributed by atoms with E-state index in [2.05, 4.69) is 20.6 Å². The highest BCUT2D eigenvalue weighted by atomic mass is 16.4. The highest BCUT2D eigenvalue weighted by Gasteiger charge is 2.38. The summed E-state index contributed by atoms with van der Waals surface area (Å²) in [6.45, 7) is 1.74. The summed E-state index contributed by atoms with van der Waals surface area (Å²) >= 11 is 0. The number of carboxylic acids is 1. The van der Waals surface area contributed by atoms with E-state index in [4.69, 9.17) is 5.73 Å². The van der Waals surface area contributed by atoms with Crippen molar-refractivity contribution < 1.29 is 29.4 Å². The highest BCUT2D eigenvalue weighted by Crippen LogP contribution is 2.20. The molecule has 1 fully saturated rings. The number of carbonyl (C=O) groups excluding carboxylic acids is 3. The molecule has 1 aliphatic heterocycles. The lowest BCUT2D eigenvalue weighted by Gasteiger charge is -2.29. The number of hydrogen-bond donors (Lipinski definition) is 6. The summed E-state index contributed by atoms with van der Waals surface area (Å²) in [5.41, 5.74) is 6.88. The maximum absolute atomic E-state index is 13.4. The number of phenols is 1.